The second kappa shape index (κ2) is 28.4. The highest BCUT2D eigenvalue weighted by Crippen LogP contribution is 2.26. The summed E-state index contributed by atoms with van der Waals surface area (Å²) in [5.41, 5.74) is 4.86. The van der Waals surface area contributed by atoms with Crippen LogP contribution in [0.25, 0.3) is 0 Å². The Bertz CT molecular complexity index is 2470. The van der Waals surface area contributed by atoms with Crippen LogP contribution in [0, 0.1) is 0 Å². The van der Waals surface area contributed by atoms with E-state index in [1.54, 1.807) is 101 Å². The minimum absolute atomic E-state index is 0.0376. The number of esters is 4. The molecule has 24 heteroatoms. The number of phenols is 4. The summed E-state index contributed by atoms with van der Waals surface area (Å²) in [4.78, 5) is 61.0. The zero-order valence-corrected chi connectivity index (χ0v) is 40.4. The minimum Gasteiger partial charge on any atom is -0.748 e. The van der Waals surface area contributed by atoms with Gasteiger partial charge in [-0.15, -0.1) is 0 Å². The number of carbonyl (C=O) groups is 5. The van der Waals surface area contributed by atoms with Crippen LogP contribution >= 0.6 is 0 Å². The molecule has 0 aliphatic rings. The van der Waals surface area contributed by atoms with Gasteiger partial charge in [0.2, 0.25) is 0 Å². The van der Waals surface area contributed by atoms with Crippen molar-refractivity contribution in [1.29, 1.82) is 0 Å². The highest BCUT2D eigenvalue weighted by atomic mass is 32.2. The number of quaternary nitrogens is 1. The molecule has 0 fully saturated rings. The lowest BCUT2D eigenvalue weighted by Gasteiger charge is -2.23. The summed E-state index contributed by atoms with van der Waals surface area (Å²) < 4.78 is 79.2. The molecule has 4 rings (SSSR count). The molecular formula is C45H58N2O20S2. The minimum atomic E-state index is -3.92. The van der Waals surface area contributed by atoms with Crippen LogP contribution in [0.4, 0.5) is 4.79 Å². The van der Waals surface area contributed by atoms with Gasteiger partial charge >= 0.3 is 30.0 Å². The summed E-state index contributed by atoms with van der Waals surface area (Å²) in [6.07, 6.45) is -0.635. The summed E-state index contributed by atoms with van der Waals surface area (Å²) in [6, 6.07) is 23.4. The van der Waals surface area contributed by atoms with Crippen molar-refractivity contribution < 1.29 is 99.8 Å². The molecular weight excluding hydrogens is 953 g/mol. The third-order valence-corrected chi connectivity index (χ3v) is 7.87. The number of hydrogen-bond donors (Lipinski definition) is 7. The van der Waals surface area contributed by atoms with Crippen LogP contribution in [0.15, 0.2) is 97.1 Å². The number of carbonyl (C=O) groups excluding carboxylic acids is 5. The standard InChI is InChI=1S/C24H29NO8.C19H21NO6.2CH4O3S/c1-15(32-21(28)17-8-6-5-7-9-17)14-31-22(29)18(25-23(30)33-24(2,3)4)12-16-10-11-19(26)20(27)13-16;1-12(26-18(23)14-5-3-2-4-6-14)11-25-19(24)15(20)9-13-7-8-16(21)17(22)10-13;2*1-5(2,3)4/h5-11,13,15,18,26-27H,12,14H2,1-4H3,(H,25,30);2-8,10,12,15,21-22H,9,11,20H2,1H3;2*1H3,(H,2,3,4)/t15-,18+;12-,15+;;/m11../s1. The van der Waals surface area contributed by atoms with E-state index in [0.29, 0.717) is 34.8 Å². The molecule has 4 aromatic rings. The Balaban J connectivity index is 0.000000586. The Hall–Kier alpha value is -6.99. The van der Waals surface area contributed by atoms with Crippen LogP contribution in [0.5, 0.6) is 23.0 Å². The number of rotatable bonds is 15. The third kappa shape index (κ3) is 28.7. The Morgan fingerprint density at radius 2 is 1.00 bits per heavy atom. The van der Waals surface area contributed by atoms with Gasteiger partial charge in [-0.2, -0.15) is 8.42 Å². The van der Waals surface area contributed by atoms with Crippen molar-refractivity contribution in [2.45, 2.75) is 77.4 Å². The van der Waals surface area contributed by atoms with Crippen LogP contribution in [-0.2, 0) is 66.4 Å². The van der Waals surface area contributed by atoms with Crippen LogP contribution in [0.3, 0.4) is 0 Å². The Kier molecular flexibility index (Phi) is 24.7. The molecule has 0 radical (unpaired) electrons. The first-order chi connectivity index (χ1) is 31.8. The van der Waals surface area contributed by atoms with Crippen molar-refractivity contribution in [2.24, 2.45) is 0 Å². The normalized spacial score (nSPS) is 12.7. The topological polar surface area (TPSA) is 364 Å². The van der Waals surface area contributed by atoms with Gasteiger partial charge in [0, 0.05) is 19.1 Å². The third-order valence-electron chi connectivity index (χ3n) is 7.87. The van der Waals surface area contributed by atoms with Gasteiger partial charge in [0.1, 0.15) is 37.1 Å². The molecule has 0 aromatic heterocycles. The number of ether oxygens (including phenoxy) is 5. The number of phenolic OH excluding ortho intramolecular Hbond substituents is 4. The van der Waals surface area contributed by atoms with Gasteiger partial charge in [0.15, 0.2) is 29.0 Å². The van der Waals surface area contributed by atoms with E-state index < -0.39 is 80.1 Å². The first kappa shape index (κ1) is 60.0. The van der Waals surface area contributed by atoms with Crippen LogP contribution in [-0.4, -0.2) is 132 Å². The zero-order valence-electron chi connectivity index (χ0n) is 38.8. The van der Waals surface area contributed by atoms with E-state index in [0.717, 1.165) is 0 Å². The van der Waals surface area contributed by atoms with Gasteiger partial charge in [-0.25, -0.2) is 32.4 Å². The number of amides is 1. The molecule has 0 unspecified atom stereocenters. The lowest BCUT2D eigenvalue weighted by atomic mass is 10.1. The molecule has 0 heterocycles. The van der Waals surface area contributed by atoms with Gasteiger partial charge in [0.05, 0.1) is 27.5 Å². The summed E-state index contributed by atoms with van der Waals surface area (Å²) in [6.45, 7) is 7.93. The van der Waals surface area contributed by atoms with Crippen molar-refractivity contribution in [2.75, 3.05) is 25.7 Å². The molecule has 4 aromatic carbocycles. The maximum absolute atomic E-state index is 12.7. The second-order valence-corrected chi connectivity index (χ2v) is 18.7. The molecule has 0 saturated heterocycles. The lowest BCUT2D eigenvalue weighted by Crippen LogP contribution is -2.66. The van der Waals surface area contributed by atoms with Crippen LogP contribution in [0.1, 0.15) is 66.5 Å². The first-order valence-corrected chi connectivity index (χ1v) is 24.0. The van der Waals surface area contributed by atoms with Gasteiger partial charge in [-0.1, -0.05) is 48.5 Å². The largest absolute Gasteiger partial charge is 0.748 e. The molecule has 0 saturated carbocycles. The van der Waals surface area contributed by atoms with Crippen molar-refractivity contribution in [3.05, 3.63) is 119 Å². The summed E-state index contributed by atoms with van der Waals surface area (Å²) in [7, 11) is -7.58. The molecule has 0 spiro atoms. The molecule has 4 atom stereocenters. The molecule has 22 nitrogen and oxygen atoms in total. The van der Waals surface area contributed by atoms with Gasteiger partial charge in [-0.05, 0) is 94.3 Å². The van der Waals surface area contributed by atoms with E-state index in [1.165, 1.54) is 30.3 Å². The van der Waals surface area contributed by atoms with Gasteiger partial charge in [-0.3, -0.25) is 4.55 Å². The molecule has 380 valence electrons. The molecule has 0 aliphatic heterocycles. The highest BCUT2D eigenvalue weighted by Gasteiger charge is 2.27. The number of alkyl carbamates (subject to hydrolysis) is 1. The molecule has 9 N–H and O–H groups in total. The van der Waals surface area contributed by atoms with E-state index in [4.69, 9.17) is 41.2 Å². The van der Waals surface area contributed by atoms with E-state index in [9.17, 15) is 52.8 Å². The maximum atomic E-state index is 12.7. The fourth-order valence-corrected chi connectivity index (χ4v) is 4.97. The number of hydrogen-bond acceptors (Lipinski definition) is 19. The van der Waals surface area contributed by atoms with Crippen molar-refractivity contribution in [3.8, 4) is 23.0 Å². The number of aromatic hydroxyl groups is 4. The van der Waals surface area contributed by atoms with Gasteiger partial charge < -0.3 is 59.7 Å². The highest BCUT2D eigenvalue weighted by molar-refractivity contribution is 7.85. The van der Waals surface area contributed by atoms with Crippen molar-refractivity contribution >= 4 is 50.2 Å². The summed E-state index contributed by atoms with van der Waals surface area (Å²) >= 11 is 0. The lowest BCUT2D eigenvalue weighted by molar-refractivity contribution is -0.408. The Morgan fingerprint density at radius 3 is 1.36 bits per heavy atom. The smallest absolute Gasteiger partial charge is 0.408 e. The van der Waals surface area contributed by atoms with Crippen molar-refractivity contribution in [3.63, 3.8) is 0 Å². The van der Waals surface area contributed by atoms with E-state index in [-0.39, 0.29) is 49.1 Å². The quantitative estimate of drug-likeness (QED) is 0.0389. The fraction of sp³-hybridized carbons (Fsp3) is 0.356. The van der Waals surface area contributed by atoms with Gasteiger partial charge in [0.25, 0.3) is 10.1 Å². The number of benzene rings is 4. The predicted octanol–water partition coefficient (Wildman–Crippen LogP) is 3.03. The summed E-state index contributed by atoms with van der Waals surface area (Å²) in [5.74, 6) is -3.53. The van der Waals surface area contributed by atoms with Crippen molar-refractivity contribution in [1.82, 2.24) is 5.32 Å². The van der Waals surface area contributed by atoms with E-state index in [1.807, 2.05) is 0 Å². The van der Waals surface area contributed by atoms with Crippen LogP contribution < -0.4 is 11.1 Å². The average Bonchev–Trinajstić information content (AvgIpc) is 3.23. The average molecular weight is 1010 g/mol. The molecule has 0 bridgehead atoms. The predicted molar refractivity (Wildman–Crippen MR) is 244 cm³/mol. The molecule has 69 heavy (non-hydrogen) atoms. The zero-order chi connectivity index (χ0) is 52.7. The maximum Gasteiger partial charge on any atom is 0.408 e. The monoisotopic (exact) mass is 1010 g/mol. The SMILES string of the molecule is CS(=O)(=O)O.CS(=O)(=O)[O-].C[C@H](COC(=O)[C@@H]([NH3+])Cc1ccc(O)c(O)c1)OC(=O)c1ccccc1.C[C@H](COC(=O)[C@H](Cc1ccc(O)c(O)c1)NC(=O)OC(C)(C)C)OC(=O)c1ccccc1. The molecule has 1 amide bonds. The van der Waals surface area contributed by atoms with E-state index >= 15 is 0 Å². The number of nitrogens with one attached hydrogen (secondary N) is 1. The first-order valence-electron chi connectivity index (χ1n) is 20.3. The molecule has 0 aliphatic carbocycles. The van der Waals surface area contributed by atoms with E-state index in [2.05, 4.69) is 11.1 Å². The second-order valence-electron chi connectivity index (χ2n) is 15.8. The fourth-order valence-electron chi connectivity index (χ4n) is 4.97. The Morgan fingerprint density at radius 1 is 0.638 bits per heavy atom. The summed E-state index contributed by atoms with van der Waals surface area (Å²) in [5, 5.41) is 40.4. The Labute approximate surface area is 399 Å². The van der Waals surface area contributed by atoms with Crippen LogP contribution in [0.2, 0.25) is 0 Å².